The number of hydrogen-bond acceptors (Lipinski definition) is 4. The monoisotopic (exact) mass is 268 g/mol. The first-order chi connectivity index (χ1) is 8.39. The van der Waals surface area contributed by atoms with E-state index in [2.05, 4.69) is 11.3 Å². The Kier molecular flexibility index (Phi) is 7.54. The zero-order valence-corrected chi connectivity index (χ0v) is 12.3. The van der Waals surface area contributed by atoms with Crippen LogP contribution in [0.2, 0.25) is 19.6 Å². The third-order valence-electron chi connectivity index (χ3n) is 1.46. The van der Waals surface area contributed by atoms with Gasteiger partial charge in [-0.2, -0.15) is 0 Å². The molecule has 0 aromatic heterocycles. The molecule has 0 saturated heterocycles. The van der Waals surface area contributed by atoms with Gasteiger partial charge in [-0.25, -0.2) is 4.79 Å². The predicted molar refractivity (Wildman–Crippen MR) is 74.5 cm³/mol. The Balaban J connectivity index is 4.68. The van der Waals surface area contributed by atoms with Crippen molar-refractivity contribution >= 4 is 14.5 Å². The van der Waals surface area contributed by atoms with Crippen LogP contribution in [-0.2, 0) is 13.9 Å². The van der Waals surface area contributed by atoms with Crippen LogP contribution in [0, 0.1) is 0 Å². The summed E-state index contributed by atoms with van der Waals surface area (Å²) >= 11 is 0. The molecule has 0 heterocycles. The van der Waals surface area contributed by atoms with Crippen LogP contribution < -0.4 is 0 Å². The van der Waals surface area contributed by atoms with E-state index < -0.39 is 14.5 Å². The van der Waals surface area contributed by atoms with Crippen molar-refractivity contribution in [3.63, 3.8) is 0 Å². The molecule has 0 spiro atoms. The highest BCUT2D eigenvalue weighted by Crippen LogP contribution is 2.12. The van der Waals surface area contributed by atoms with Gasteiger partial charge in [0.15, 0.2) is 0 Å². The second-order valence-corrected chi connectivity index (χ2v) is 8.69. The van der Waals surface area contributed by atoms with Crippen molar-refractivity contribution < 1.29 is 18.7 Å². The molecule has 18 heavy (non-hydrogen) atoms. The van der Waals surface area contributed by atoms with E-state index in [0.717, 1.165) is 0 Å². The maximum atomic E-state index is 11.0. The zero-order valence-electron chi connectivity index (χ0n) is 11.3. The quantitative estimate of drug-likeness (QED) is 0.318. The minimum Gasteiger partial charge on any atom is -0.519 e. The summed E-state index contributed by atoms with van der Waals surface area (Å²) in [6.45, 7) is 9.52. The molecule has 0 saturated carbocycles. The Morgan fingerprint density at radius 1 is 1.11 bits per heavy atom. The van der Waals surface area contributed by atoms with Gasteiger partial charge in [-0.1, -0.05) is 37.0 Å². The van der Waals surface area contributed by atoms with Gasteiger partial charge < -0.3 is 13.9 Å². The summed E-state index contributed by atoms with van der Waals surface area (Å²) < 4.78 is 14.9. The van der Waals surface area contributed by atoms with Gasteiger partial charge in [0, 0.05) is 6.08 Å². The lowest BCUT2D eigenvalue weighted by atomic mass is 10.4. The van der Waals surface area contributed by atoms with Crippen LogP contribution in [0.4, 0.5) is 4.79 Å². The van der Waals surface area contributed by atoms with E-state index in [4.69, 9.17) is 9.16 Å². The lowest BCUT2D eigenvalue weighted by molar-refractivity contribution is 0.0645. The molecule has 0 radical (unpaired) electrons. The fraction of sp³-hybridized carbons (Fsp3) is 0.308. The van der Waals surface area contributed by atoms with E-state index in [1.165, 1.54) is 7.11 Å². The smallest absolute Gasteiger partial charge is 0.515 e. The molecule has 5 heteroatoms. The summed E-state index contributed by atoms with van der Waals surface area (Å²) in [6, 6.07) is 0. The fourth-order valence-corrected chi connectivity index (χ4v) is 1.57. The summed E-state index contributed by atoms with van der Waals surface area (Å²) in [7, 11) is -0.597. The summed E-state index contributed by atoms with van der Waals surface area (Å²) in [5.41, 5.74) is 0. The molecule has 0 bridgehead atoms. The van der Waals surface area contributed by atoms with Crippen molar-refractivity contribution in [1.82, 2.24) is 0 Å². The highest BCUT2D eigenvalue weighted by atomic mass is 28.4. The first kappa shape index (κ1) is 16.2. The number of carbonyl (C=O) groups excluding carboxylic acids is 1. The Labute approximate surface area is 109 Å². The van der Waals surface area contributed by atoms with Crippen LogP contribution in [0.3, 0.4) is 0 Å². The molecule has 100 valence electrons. The normalized spacial score (nSPS) is 12.8. The number of allylic oxidation sites excluding steroid dienone is 6. The van der Waals surface area contributed by atoms with E-state index in [1.54, 1.807) is 36.5 Å². The van der Waals surface area contributed by atoms with E-state index in [9.17, 15) is 4.79 Å². The molecule has 0 atom stereocenters. The third kappa shape index (κ3) is 9.47. The average molecular weight is 268 g/mol. The van der Waals surface area contributed by atoms with Gasteiger partial charge in [0.2, 0.25) is 8.32 Å². The standard InChI is InChI=1S/C13H20O4Si/c1-6-7-8-9-10-11-12(16-13(14)15-2)17-18(3,4)5/h6-11H,1H2,2-5H3. The van der Waals surface area contributed by atoms with Crippen molar-refractivity contribution in [2.24, 2.45) is 0 Å². The van der Waals surface area contributed by atoms with Crippen LogP contribution in [0.25, 0.3) is 0 Å². The number of methoxy groups -OCH3 is 1. The van der Waals surface area contributed by atoms with Gasteiger partial charge in [0.1, 0.15) is 0 Å². The van der Waals surface area contributed by atoms with E-state index in [0.29, 0.717) is 0 Å². The van der Waals surface area contributed by atoms with Crippen LogP contribution >= 0.6 is 0 Å². The van der Waals surface area contributed by atoms with Crippen LogP contribution in [0.5, 0.6) is 0 Å². The Morgan fingerprint density at radius 2 is 1.72 bits per heavy atom. The third-order valence-corrected chi connectivity index (χ3v) is 2.27. The van der Waals surface area contributed by atoms with Gasteiger partial charge >= 0.3 is 6.16 Å². The van der Waals surface area contributed by atoms with Crippen LogP contribution in [0.15, 0.2) is 49.0 Å². The SMILES string of the molecule is C=CC=CC=CC=C(OC(=O)OC)O[Si](C)(C)C. The van der Waals surface area contributed by atoms with Crippen LogP contribution in [0.1, 0.15) is 0 Å². The Hall–Kier alpha value is -1.75. The Bertz CT molecular complexity index is 362. The molecule has 0 aromatic rings. The molecule has 4 nitrogen and oxygen atoms in total. The van der Waals surface area contributed by atoms with E-state index in [1.807, 2.05) is 19.6 Å². The minimum absolute atomic E-state index is 0.143. The Morgan fingerprint density at radius 3 is 2.22 bits per heavy atom. The van der Waals surface area contributed by atoms with Crippen LogP contribution in [-0.4, -0.2) is 21.6 Å². The summed E-state index contributed by atoms with van der Waals surface area (Å²) in [4.78, 5) is 11.0. The molecule has 0 fully saturated rings. The highest BCUT2D eigenvalue weighted by Gasteiger charge is 2.20. The van der Waals surface area contributed by atoms with Crippen molar-refractivity contribution in [1.29, 1.82) is 0 Å². The van der Waals surface area contributed by atoms with Gasteiger partial charge in [-0.3, -0.25) is 0 Å². The second kappa shape index (κ2) is 8.35. The predicted octanol–water partition coefficient (Wildman–Crippen LogP) is 3.76. The van der Waals surface area contributed by atoms with Gasteiger partial charge in [0.25, 0.3) is 5.95 Å². The van der Waals surface area contributed by atoms with Gasteiger partial charge in [-0.05, 0) is 19.6 Å². The lowest BCUT2D eigenvalue weighted by Gasteiger charge is -2.20. The zero-order chi connectivity index (χ0) is 14.0. The van der Waals surface area contributed by atoms with E-state index >= 15 is 0 Å². The number of hydrogen-bond donors (Lipinski definition) is 0. The first-order valence-electron chi connectivity index (χ1n) is 5.50. The number of carbonyl (C=O) groups is 1. The fourth-order valence-electron chi connectivity index (χ4n) is 0.855. The molecule has 0 unspecified atom stereocenters. The molecular weight excluding hydrogens is 248 g/mol. The average Bonchev–Trinajstić information content (AvgIpc) is 2.26. The molecule has 0 rings (SSSR count). The second-order valence-electron chi connectivity index (χ2n) is 4.26. The van der Waals surface area contributed by atoms with Crippen molar-refractivity contribution in [2.75, 3.05) is 7.11 Å². The summed E-state index contributed by atoms with van der Waals surface area (Å²) in [6.07, 6.45) is 9.50. The molecule has 0 aliphatic rings. The maximum Gasteiger partial charge on any atom is 0.515 e. The van der Waals surface area contributed by atoms with Crippen molar-refractivity contribution in [2.45, 2.75) is 19.6 Å². The summed E-state index contributed by atoms with van der Waals surface area (Å²) in [5, 5.41) is 0. The topological polar surface area (TPSA) is 44.8 Å². The molecule has 0 aliphatic heterocycles. The molecule has 0 N–H and O–H groups in total. The van der Waals surface area contributed by atoms with Gasteiger partial charge in [-0.15, -0.1) is 0 Å². The molecule has 0 amide bonds. The maximum absolute atomic E-state index is 11.0. The van der Waals surface area contributed by atoms with E-state index in [-0.39, 0.29) is 5.95 Å². The summed E-state index contributed by atoms with van der Waals surface area (Å²) in [5.74, 6) is 0.143. The van der Waals surface area contributed by atoms with Crippen molar-refractivity contribution in [3.8, 4) is 0 Å². The van der Waals surface area contributed by atoms with Gasteiger partial charge in [0.05, 0.1) is 7.11 Å². The molecule has 0 aliphatic carbocycles. The lowest BCUT2D eigenvalue weighted by Crippen LogP contribution is -2.26. The first-order valence-corrected chi connectivity index (χ1v) is 8.90. The highest BCUT2D eigenvalue weighted by molar-refractivity contribution is 6.70. The number of ether oxygens (including phenoxy) is 2. The number of rotatable bonds is 6. The minimum atomic E-state index is -1.84. The largest absolute Gasteiger partial charge is 0.519 e. The molecule has 0 aromatic carbocycles. The molecular formula is C13H20O4Si. The van der Waals surface area contributed by atoms with Crippen molar-refractivity contribution in [3.05, 3.63) is 49.0 Å².